The SMILES string of the molecule is CCn1cc(-c2cc(C(=O)Nc3c(C#N)cnn3-c3ccccc3)c3ccccc3n2)cn1. The van der Waals surface area contributed by atoms with Crippen molar-refractivity contribution in [2.24, 2.45) is 0 Å². The molecule has 0 radical (unpaired) electrons. The third-order valence-electron chi connectivity index (χ3n) is 5.34. The van der Waals surface area contributed by atoms with E-state index in [0.717, 1.165) is 17.8 Å². The molecule has 0 saturated carbocycles. The van der Waals surface area contributed by atoms with Crippen molar-refractivity contribution in [1.29, 1.82) is 5.26 Å². The molecule has 5 aromatic rings. The van der Waals surface area contributed by atoms with Crippen LogP contribution in [0, 0.1) is 11.3 Å². The molecule has 2 aromatic carbocycles. The number of aryl methyl sites for hydroxylation is 1. The standard InChI is InChI=1S/C25H19N7O/c1-2-31-16-18(15-27-31)23-12-21(20-10-6-7-11-22(20)29-23)25(33)30-24-17(13-26)14-28-32(24)19-8-4-3-5-9-19/h3-12,14-16H,2H2,1H3,(H,30,33). The van der Waals surface area contributed by atoms with Crippen LogP contribution in [-0.4, -0.2) is 30.5 Å². The van der Waals surface area contributed by atoms with Crippen LogP contribution in [0.2, 0.25) is 0 Å². The van der Waals surface area contributed by atoms with Crippen LogP contribution in [0.1, 0.15) is 22.8 Å². The molecule has 1 amide bonds. The van der Waals surface area contributed by atoms with Crippen LogP contribution in [0.25, 0.3) is 27.8 Å². The number of pyridine rings is 1. The van der Waals surface area contributed by atoms with Gasteiger partial charge >= 0.3 is 0 Å². The fourth-order valence-electron chi connectivity index (χ4n) is 3.67. The highest BCUT2D eigenvalue weighted by atomic mass is 16.1. The lowest BCUT2D eigenvalue weighted by Crippen LogP contribution is -2.17. The molecule has 0 atom stereocenters. The molecule has 33 heavy (non-hydrogen) atoms. The second-order valence-electron chi connectivity index (χ2n) is 7.38. The van der Waals surface area contributed by atoms with E-state index in [4.69, 9.17) is 4.98 Å². The minimum atomic E-state index is -0.355. The Morgan fingerprint density at radius 3 is 2.61 bits per heavy atom. The highest BCUT2D eigenvalue weighted by molar-refractivity contribution is 6.13. The van der Waals surface area contributed by atoms with Crippen LogP contribution in [0.5, 0.6) is 0 Å². The number of para-hydroxylation sites is 2. The number of amides is 1. The van der Waals surface area contributed by atoms with Gasteiger partial charge in [-0.1, -0.05) is 36.4 Å². The van der Waals surface area contributed by atoms with Crippen molar-refractivity contribution in [3.05, 3.63) is 90.4 Å². The Morgan fingerprint density at radius 2 is 1.85 bits per heavy atom. The summed E-state index contributed by atoms with van der Waals surface area (Å²) in [6.07, 6.45) is 5.08. The third kappa shape index (κ3) is 3.72. The summed E-state index contributed by atoms with van der Waals surface area (Å²) in [6.45, 7) is 2.74. The molecule has 1 N–H and O–H groups in total. The van der Waals surface area contributed by atoms with E-state index in [1.165, 1.54) is 6.20 Å². The topological polar surface area (TPSA) is 101 Å². The van der Waals surface area contributed by atoms with Crippen LogP contribution in [0.15, 0.2) is 79.3 Å². The van der Waals surface area contributed by atoms with Gasteiger partial charge in [0.25, 0.3) is 5.91 Å². The maximum atomic E-state index is 13.5. The predicted molar refractivity (Wildman–Crippen MR) is 125 cm³/mol. The Labute approximate surface area is 189 Å². The molecule has 8 nitrogen and oxygen atoms in total. The van der Waals surface area contributed by atoms with Crippen molar-refractivity contribution in [3.8, 4) is 23.0 Å². The summed E-state index contributed by atoms with van der Waals surface area (Å²) in [5.41, 5.74) is 3.63. The van der Waals surface area contributed by atoms with E-state index in [9.17, 15) is 10.1 Å². The van der Waals surface area contributed by atoms with Crippen LogP contribution < -0.4 is 5.32 Å². The molecule has 0 unspecified atom stereocenters. The number of carbonyl (C=O) groups is 1. The van der Waals surface area contributed by atoms with Crippen molar-refractivity contribution in [3.63, 3.8) is 0 Å². The lowest BCUT2D eigenvalue weighted by Gasteiger charge is -2.12. The molecule has 0 bridgehead atoms. The Bertz CT molecular complexity index is 1510. The van der Waals surface area contributed by atoms with Gasteiger partial charge in [-0.2, -0.15) is 15.5 Å². The van der Waals surface area contributed by atoms with Gasteiger partial charge < -0.3 is 5.32 Å². The molecule has 160 valence electrons. The summed E-state index contributed by atoms with van der Waals surface area (Å²) in [5, 5.41) is 21.8. The van der Waals surface area contributed by atoms with Crippen molar-refractivity contribution in [2.45, 2.75) is 13.5 Å². The van der Waals surface area contributed by atoms with Crippen molar-refractivity contribution >= 4 is 22.6 Å². The van der Waals surface area contributed by atoms with Crippen molar-refractivity contribution in [2.75, 3.05) is 5.32 Å². The molecule has 0 saturated heterocycles. The summed E-state index contributed by atoms with van der Waals surface area (Å²) in [5.74, 6) is -0.0399. The first-order chi connectivity index (χ1) is 16.2. The maximum Gasteiger partial charge on any atom is 0.257 e. The lowest BCUT2D eigenvalue weighted by molar-refractivity contribution is 0.102. The second-order valence-corrected chi connectivity index (χ2v) is 7.38. The van der Waals surface area contributed by atoms with Gasteiger partial charge in [0.1, 0.15) is 11.6 Å². The number of nitrogens with zero attached hydrogens (tertiary/aromatic N) is 6. The van der Waals surface area contributed by atoms with E-state index in [1.54, 1.807) is 16.9 Å². The van der Waals surface area contributed by atoms with Gasteiger partial charge in [-0.25, -0.2) is 9.67 Å². The molecule has 0 fully saturated rings. The van der Waals surface area contributed by atoms with Gasteiger partial charge in [0.05, 0.1) is 34.9 Å². The van der Waals surface area contributed by atoms with Gasteiger partial charge in [-0.3, -0.25) is 9.48 Å². The highest BCUT2D eigenvalue weighted by Crippen LogP contribution is 2.27. The molecule has 3 aromatic heterocycles. The van der Waals surface area contributed by atoms with Crippen LogP contribution in [-0.2, 0) is 6.54 Å². The molecule has 0 aliphatic heterocycles. The number of hydrogen-bond donors (Lipinski definition) is 1. The minimum absolute atomic E-state index is 0.273. The lowest BCUT2D eigenvalue weighted by atomic mass is 10.0. The Morgan fingerprint density at radius 1 is 1.06 bits per heavy atom. The summed E-state index contributed by atoms with van der Waals surface area (Å²) in [6, 6.07) is 20.7. The largest absolute Gasteiger partial charge is 0.305 e. The van der Waals surface area contributed by atoms with Crippen LogP contribution in [0.3, 0.4) is 0 Å². The van der Waals surface area contributed by atoms with Gasteiger partial charge in [-0.15, -0.1) is 0 Å². The molecule has 5 rings (SSSR count). The average molecular weight is 433 g/mol. The Kier molecular flexibility index (Phi) is 5.13. The summed E-state index contributed by atoms with van der Waals surface area (Å²) in [7, 11) is 0. The molecule has 0 aliphatic rings. The second kappa shape index (κ2) is 8.40. The van der Waals surface area contributed by atoms with Gasteiger partial charge in [-0.05, 0) is 31.2 Å². The minimum Gasteiger partial charge on any atom is -0.305 e. The van der Waals surface area contributed by atoms with Crippen LogP contribution >= 0.6 is 0 Å². The monoisotopic (exact) mass is 433 g/mol. The van der Waals surface area contributed by atoms with Crippen molar-refractivity contribution in [1.82, 2.24) is 24.5 Å². The fraction of sp³-hybridized carbons (Fsp3) is 0.0800. The zero-order valence-electron chi connectivity index (χ0n) is 17.8. The first-order valence-corrected chi connectivity index (χ1v) is 10.5. The van der Waals surface area contributed by atoms with Gasteiger partial charge in [0.2, 0.25) is 0 Å². The highest BCUT2D eigenvalue weighted by Gasteiger charge is 2.19. The van der Waals surface area contributed by atoms with Gasteiger partial charge in [0, 0.05) is 23.7 Å². The average Bonchev–Trinajstić information content (AvgIpc) is 3.51. The molecular weight excluding hydrogens is 414 g/mol. The maximum absolute atomic E-state index is 13.5. The third-order valence-corrected chi connectivity index (χ3v) is 5.34. The summed E-state index contributed by atoms with van der Waals surface area (Å²) < 4.78 is 3.36. The number of fused-ring (bicyclic) bond motifs is 1. The number of carbonyl (C=O) groups excluding carboxylic acids is 1. The quantitative estimate of drug-likeness (QED) is 0.442. The smallest absolute Gasteiger partial charge is 0.257 e. The zero-order valence-corrected chi connectivity index (χ0v) is 17.8. The number of nitrogens with one attached hydrogen (secondary N) is 1. The number of aromatic nitrogens is 5. The molecule has 8 heteroatoms. The first kappa shape index (κ1) is 20.2. The first-order valence-electron chi connectivity index (χ1n) is 10.5. The Balaban J connectivity index is 1.60. The van der Waals surface area contributed by atoms with Crippen LogP contribution in [0.4, 0.5) is 5.82 Å². The summed E-state index contributed by atoms with van der Waals surface area (Å²) >= 11 is 0. The molecular formula is C25H19N7O. The van der Waals surface area contributed by atoms with E-state index in [-0.39, 0.29) is 11.5 Å². The molecule has 0 aliphatic carbocycles. The molecule has 3 heterocycles. The van der Waals surface area contributed by atoms with E-state index in [0.29, 0.717) is 28.0 Å². The van der Waals surface area contributed by atoms with E-state index < -0.39 is 0 Å². The number of nitriles is 1. The normalized spacial score (nSPS) is 10.8. The zero-order chi connectivity index (χ0) is 22.8. The Hall–Kier alpha value is -4.77. The molecule has 0 spiro atoms. The fourth-order valence-corrected chi connectivity index (χ4v) is 3.67. The number of hydrogen-bond acceptors (Lipinski definition) is 5. The summed E-state index contributed by atoms with van der Waals surface area (Å²) in [4.78, 5) is 18.2. The van der Waals surface area contributed by atoms with E-state index >= 15 is 0 Å². The number of benzene rings is 2. The predicted octanol–water partition coefficient (Wildman–Crippen LogP) is 4.43. The van der Waals surface area contributed by atoms with Gasteiger partial charge in [0.15, 0.2) is 5.82 Å². The number of rotatable bonds is 5. The number of anilines is 1. The van der Waals surface area contributed by atoms with E-state index in [1.807, 2.05) is 72.4 Å². The van der Waals surface area contributed by atoms with E-state index in [2.05, 4.69) is 21.6 Å². The van der Waals surface area contributed by atoms with Crippen molar-refractivity contribution < 1.29 is 4.79 Å².